The SMILES string of the molecule is CCN(CCOC)C(CN)c1ccc(C2CC2C)o1. The van der Waals surface area contributed by atoms with Gasteiger partial charge in [-0.25, -0.2) is 0 Å². The van der Waals surface area contributed by atoms with E-state index >= 15 is 0 Å². The van der Waals surface area contributed by atoms with Gasteiger partial charge in [-0.15, -0.1) is 0 Å². The van der Waals surface area contributed by atoms with Gasteiger partial charge >= 0.3 is 0 Å². The summed E-state index contributed by atoms with van der Waals surface area (Å²) in [5.74, 6) is 3.52. The van der Waals surface area contributed by atoms with Crippen molar-refractivity contribution in [1.29, 1.82) is 0 Å². The van der Waals surface area contributed by atoms with Crippen molar-refractivity contribution >= 4 is 0 Å². The highest BCUT2D eigenvalue weighted by molar-refractivity contribution is 5.19. The maximum Gasteiger partial charge on any atom is 0.122 e. The van der Waals surface area contributed by atoms with E-state index in [0.717, 1.165) is 37.1 Å². The lowest BCUT2D eigenvalue weighted by molar-refractivity contribution is 0.117. The molecule has 4 nitrogen and oxygen atoms in total. The number of methoxy groups -OCH3 is 1. The number of hydrogen-bond donors (Lipinski definition) is 1. The molecule has 19 heavy (non-hydrogen) atoms. The molecule has 0 bridgehead atoms. The van der Waals surface area contributed by atoms with Gasteiger partial charge in [0.1, 0.15) is 11.5 Å². The predicted molar refractivity (Wildman–Crippen MR) is 76.1 cm³/mol. The van der Waals surface area contributed by atoms with Gasteiger partial charge in [0.25, 0.3) is 0 Å². The molecule has 0 radical (unpaired) electrons. The molecule has 1 aromatic rings. The number of nitrogens with zero attached hydrogens (tertiary/aromatic N) is 1. The van der Waals surface area contributed by atoms with Crippen molar-refractivity contribution in [1.82, 2.24) is 4.90 Å². The summed E-state index contributed by atoms with van der Waals surface area (Å²) in [6.45, 7) is 7.53. The zero-order valence-corrected chi connectivity index (χ0v) is 12.3. The van der Waals surface area contributed by atoms with Crippen LogP contribution in [0.1, 0.15) is 43.7 Å². The van der Waals surface area contributed by atoms with Gasteiger partial charge in [-0.1, -0.05) is 13.8 Å². The molecule has 2 rings (SSSR count). The molecular weight excluding hydrogens is 240 g/mol. The Kier molecular flexibility index (Phi) is 5.02. The summed E-state index contributed by atoms with van der Waals surface area (Å²) in [6, 6.07) is 4.37. The van der Waals surface area contributed by atoms with E-state index in [1.54, 1.807) is 7.11 Å². The summed E-state index contributed by atoms with van der Waals surface area (Å²) in [5, 5.41) is 0. The third-order valence-electron chi connectivity index (χ3n) is 4.10. The number of furan rings is 1. The monoisotopic (exact) mass is 266 g/mol. The molecule has 3 atom stereocenters. The fourth-order valence-corrected chi connectivity index (χ4v) is 2.65. The summed E-state index contributed by atoms with van der Waals surface area (Å²) >= 11 is 0. The van der Waals surface area contributed by atoms with Crippen LogP contribution in [0.5, 0.6) is 0 Å². The standard InChI is InChI=1S/C15H26N2O2/c1-4-17(7-8-18-3)13(10-16)15-6-5-14(19-15)12-9-11(12)2/h5-6,11-13H,4,7-10,16H2,1-3H3. The van der Waals surface area contributed by atoms with Crippen molar-refractivity contribution in [3.8, 4) is 0 Å². The Hall–Kier alpha value is -0.840. The van der Waals surface area contributed by atoms with Gasteiger partial charge < -0.3 is 14.9 Å². The number of nitrogens with two attached hydrogens (primary N) is 1. The molecule has 1 fully saturated rings. The highest BCUT2D eigenvalue weighted by Gasteiger charge is 2.37. The molecule has 4 heteroatoms. The second kappa shape index (κ2) is 6.55. The molecule has 1 aliphatic rings. The van der Waals surface area contributed by atoms with E-state index in [2.05, 4.69) is 30.9 Å². The minimum Gasteiger partial charge on any atom is -0.464 e. The smallest absolute Gasteiger partial charge is 0.122 e. The normalized spacial score (nSPS) is 23.8. The fourth-order valence-electron chi connectivity index (χ4n) is 2.65. The molecule has 3 unspecified atom stereocenters. The van der Waals surface area contributed by atoms with Gasteiger partial charge in [0, 0.05) is 26.1 Å². The van der Waals surface area contributed by atoms with Crippen molar-refractivity contribution in [2.45, 2.75) is 32.2 Å². The van der Waals surface area contributed by atoms with Crippen LogP contribution < -0.4 is 5.73 Å². The van der Waals surface area contributed by atoms with Crippen molar-refractivity contribution in [3.63, 3.8) is 0 Å². The molecule has 0 aromatic carbocycles. The van der Waals surface area contributed by atoms with E-state index in [1.807, 2.05) is 0 Å². The van der Waals surface area contributed by atoms with Crippen LogP contribution in [0, 0.1) is 5.92 Å². The third kappa shape index (κ3) is 3.38. The summed E-state index contributed by atoms with van der Waals surface area (Å²) in [6.07, 6.45) is 1.25. The first-order valence-electron chi connectivity index (χ1n) is 7.23. The van der Waals surface area contributed by atoms with Crippen LogP contribution in [0.2, 0.25) is 0 Å². The average Bonchev–Trinajstić information content (AvgIpc) is 2.96. The molecule has 0 amide bonds. The van der Waals surface area contributed by atoms with Gasteiger partial charge in [0.2, 0.25) is 0 Å². The summed E-state index contributed by atoms with van der Waals surface area (Å²) in [7, 11) is 1.73. The Labute approximate surface area is 115 Å². The highest BCUT2D eigenvalue weighted by atomic mass is 16.5. The predicted octanol–water partition coefficient (Wildman–Crippen LogP) is 2.37. The van der Waals surface area contributed by atoms with Crippen LogP contribution in [-0.4, -0.2) is 38.3 Å². The molecule has 1 aliphatic carbocycles. The number of rotatable bonds is 8. The summed E-state index contributed by atoms with van der Waals surface area (Å²) in [5.41, 5.74) is 5.94. The molecule has 1 saturated carbocycles. The summed E-state index contributed by atoms with van der Waals surface area (Å²) < 4.78 is 11.2. The topological polar surface area (TPSA) is 51.6 Å². The van der Waals surface area contributed by atoms with E-state index < -0.39 is 0 Å². The zero-order valence-electron chi connectivity index (χ0n) is 12.3. The molecule has 0 spiro atoms. The van der Waals surface area contributed by atoms with Crippen LogP contribution >= 0.6 is 0 Å². The van der Waals surface area contributed by atoms with Gasteiger partial charge in [0.15, 0.2) is 0 Å². The Morgan fingerprint density at radius 3 is 2.79 bits per heavy atom. The molecule has 1 aromatic heterocycles. The van der Waals surface area contributed by atoms with Gasteiger partial charge in [-0.3, -0.25) is 4.90 Å². The Morgan fingerprint density at radius 2 is 2.26 bits per heavy atom. The lowest BCUT2D eigenvalue weighted by Crippen LogP contribution is -2.35. The van der Waals surface area contributed by atoms with E-state index in [1.165, 1.54) is 6.42 Å². The molecule has 2 N–H and O–H groups in total. The lowest BCUT2D eigenvalue weighted by Gasteiger charge is -2.27. The Bertz CT molecular complexity index is 391. The van der Waals surface area contributed by atoms with E-state index in [0.29, 0.717) is 12.5 Å². The summed E-state index contributed by atoms with van der Waals surface area (Å²) in [4.78, 5) is 2.31. The van der Waals surface area contributed by atoms with Gasteiger partial charge in [-0.05, 0) is 31.0 Å². The van der Waals surface area contributed by atoms with Crippen LogP contribution in [0.25, 0.3) is 0 Å². The second-order valence-electron chi connectivity index (χ2n) is 5.43. The average molecular weight is 266 g/mol. The molecule has 0 aliphatic heterocycles. The number of ether oxygens (including phenoxy) is 1. The Balaban J connectivity index is 2.04. The molecule has 0 saturated heterocycles. The highest BCUT2D eigenvalue weighted by Crippen LogP contribution is 2.47. The first kappa shape index (κ1) is 14.6. The van der Waals surface area contributed by atoms with Crippen molar-refractivity contribution < 1.29 is 9.15 Å². The zero-order chi connectivity index (χ0) is 13.8. The van der Waals surface area contributed by atoms with Crippen molar-refractivity contribution in [3.05, 3.63) is 23.7 Å². The van der Waals surface area contributed by atoms with Crippen LogP contribution in [0.3, 0.4) is 0 Å². The van der Waals surface area contributed by atoms with Crippen molar-refractivity contribution in [2.75, 3.05) is 33.4 Å². The van der Waals surface area contributed by atoms with E-state index in [9.17, 15) is 0 Å². The quantitative estimate of drug-likeness (QED) is 0.785. The van der Waals surface area contributed by atoms with Crippen LogP contribution in [0.4, 0.5) is 0 Å². The third-order valence-corrected chi connectivity index (χ3v) is 4.10. The largest absolute Gasteiger partial charge is 0.464 e. The minimum atomic E-state index is 0.156. The molecular formula is C15H26N2O2. The van der Waals surface area contributed by atoms with E-state index in [-0.39, 0.29) is 6.04 Å². The van der Waals surface area contributed by atoms with Crippen LogP contribution in [0.15, 0.2) is 16.5 Å². The first-order valence-corrected chi connectivity index (χ1v) is 7.23. The van der Waals surface area contributed by atoms with Gasteiger partial charge in [0.05, 0.1) is 12.6 Å². The molecule has 1 heterocycles. The van der Waals surface area contributed by atoms with Gasteiger partial charge in [-0.2, -0.15) is 0 Å². The Morgan fingerprint density at radius 1 is 1.53 bits per heavy atom. The second-order valence-corrected chi connectivity index (χ2v) is 5.43. The number of likely N-dealkylation sites (N-methyl/N-ethyl adjacent to an activating group) is 1. The first-order chi connectivity index (χ1) is 9.21. The van der Waals surface area contributed by atoms with Crippen molar-refractivity contribution in [2.24, 2.45) is 11.7 Å². The maximum atomic E-state index is 6.03. The lowest BCUT2D eigenvalue weighted by atomic mass is 10.2. The molecule has 108 valence electrons. The fraction of sp³-hybridized carbons (Fsp3) is 0.733. The van der Waals surface area contributed by atoms with E-state index in [4.69, 9.17) is 14.9 Å². The van der Waals surface area contributed by atoms with Crippen LogP contribution in [-0.2, 0) is 4.74 Å². The number of hydrogen-bond acceptors (Lipinski definition) is 4. The maximum absolute atomic E-state index is 6.03. The minimum absolute atomic E-state index is 0.156.